The first-order valence-corrected chi connectivity index (χ1v) is 10.1. The zero-order chi connectivity index (χ0) is 16.1. The molecule has 0 aromatic heterocycles. The Morgan fingerprint density at radius 3 is 2.33 bits per heavy atom. The second-order valence-electron chi connectivity index (χ2n) is 5.29. The van der Waals surface area contributed by atoms with E-state index in [-0.39, 0.29) is 22.1 Å². The molecule has 1 aromatic rings. The Hall–Kier alpha value is -1.39. The number of nitrogens with zero attached hydrogens (tertiary/aromatic N) is 1. The van der Waals surface area contributed by atoms with E-state index in [2.05, 4.69) is 0 Å². The van der Waals surface area contributed by atoms with E-state index >= 15 is 0 Å². The molecular formula is C14H19NO4S2. The third kappa shape index (κ3) is 5.86. The minimum atomic E-state index is -3.69. The number of benzene rings is 1. The highest BCUT2D eigenvalue weighted by Gasteiger charge is 2.20. The zero-order valence-corrected chi connectivity index (χ0v) is 13.7. The molecule has 0 bridgehead atoms. The molecule has 0 spiro atoms. The minimum absolute atomic E-state index is 0.00157. The van der Waals surface area contributed by atoms with Crippen molar-refractivity contribution in [2.45, 2.75) is 25.2 Å². The van der Waals surface area contributed by atoms with Gasteiger partial charge in [0.05, 0.1) is 33.8 Å². The van der Waals surface area contributed by atoms with Gasteiger partial charge < -0.3 is 0 Å². The Bertz CT molecular complexity index is 728. The average Bonchev–Trinajstić information content (AvgIpc) is 2.43. The van der Waals surface area contributed by atoms with E-state index in [0.717, 1.165) is 0 Å². The second kappa shape index (κ2) is 7.05. The van der Waals surface area contributed by atoms with Crippen molar-refractivity contribution < 1.29 is 16.8 Å². The highest BCUT2D eigenvalue weighted by atomic mass is 32.2. The number of nitriles is 1. The normalized spacial score (nSPS) is 12.3. The van der Waals surface area contributed by atoms with Crippen molar-refractivity contribution in [2.24, 2.45) is 5.92 Å². The third-order valence-electron chi connectivity index (χ3n) is 2.99. The Morgan fingerprint density at radius 2 is 1.76 bits per heavy atom. The largest absolute Gasteiger partial charge is 0.229 e. The molecule has 1 rings (SSSR count). The van der Waals surface area contributed by atoms with Crippen molar-refractivity contribution in [3.8, 4) is 6.07 Å². The fraction of sp³-hybridized carbons (Fsp3) is 0.500. The van der Waals surface area contributed by atoms with Gasteiger partial charge in [-0.1, -0.05) is 19.9 Å². The first-order chi connectivity index (χ1) is 9.66. The van der Waals surface area contributed by atoms with E-state index in [1.165, 1.54) is 24.3 Å². The third-order valence-corrected chi connectivity index (χ3v) is 6.65. The van der Waals surface area contributed by atoms with Crippen LogP contribution in [0.25, 0.3) is 0 Å². The Morgan fingerprint density at radius 1 is 1.10 bits per heavy atom. The smallest absolute Gasteiger partial charge is 0.179 e. The van der Waals surface area contributed by atoms with Crippen LogP contribution < -0.4 is 0 Å². The van der Waals surface area contributed by atoms with Crippen molar-refractivity contribution in [3.63, 3.8) is 0 Å². The quantitative estimate of drug-likeness (QED) is 0.760. The van der Waals surface area contributed by atoms with Crippen LogP contribution in [0.15, 0.2) is 29.2 Å². The van der Waals surface area contributed by atoms with Crippen molar-refractivity contribution in [1.29, 1.82) is 5.26 Å². The SMILES string of the molecule is CC(C)CCS(=O)(=O)CCS(=O)(=O)c1cccc(C#N)c1. The summed E-state index contributed by atoms with van der Waals surface area (Å²) in [4.78, 5) is -0.0133. The molecule has 116 valence electrons. The highest BCUT2D eigenvalue weighted by molar-refractivity contribution is 7.95. The van der Waals surface area contributed by atoms with Gasteiger partial charge in [0.15, 0.2) is 19.7 Å². The summed E-state index contributed by atoms with van der Waals surface area (Å²) >= 11 is 0. The van der Waals surface area contributed by atoms with Crippen LogP contribution in [-0.4, -0.2) is 34.1 Å². The van der Waals surface area contributed by atoms with Gasteiger partial charge in [-0.25, -0.2) is 16.8 Å². The van der Waals surface area contributed by atoms with Crippen LogP contribution in [0.3, 0.4) is 0 Å². The zero-order valence-electron chi connectivity index (χ0n) is 12.1. The number of hydrogen-bond acceptors (Lipinski definition) is 5. The fourth-order valence-electron chi connectivity index (χ4n) is 1.63. The van der Waals surface area contributed by atoms with E-state index in [1.54, 1.807) is 0 Å². The Kier molecular flexibility index (Phi) is 5.93. The number of hydrogen-bond donors (Lipinski definition) is 0. The molecule has 0 fully saturated rings. The van der Waals surface area contributed by atoms with Crippen LogP contribution in [0.5, 0.6) is 0 Å². The lowest BCUT2D eigenvalue weighted by Gasteiger charge is -2.07. The molecule has 7 heteroatoms. The van der Waals surface area contributed by atoms with Crippen LogP contribution in [-0.2, 0) is 19.7 Å². The second-order valence-corrected chi connectivity index (χ2v) is 9.71. The lowest BCUT2D eigenvalue weighted by atomic mass is 10.2. The van der Waals surface area contributed by atoms with Crippen LogP contribution >= 0.6 is 0 Å². The summed E-state index contributed by atoms with van der Waals surface area (Å²) < 4.78 is 47.9. The topological polar surface area (TPSA) is 92.1 Å². The van der Waals surface area contributed by atoms with Crippen LogP contribution in [0.1, 0.15) is 25.8 Å². The van der Waals surface area contributed by atoms with Gasteiger partial charge in [0.2, 0.25) is 0 Å². The van der Waals surface area contributed by atoms with E-state index in [4.69, 9.17) is 5.26 Å². The summed E-state index contributed by atoms with van der Waals surface area (Å²) in [5.41, 5.74) is 0.235. The van der Waals surface area contributed by atoms with Crippen molar-refractivity contribution in [2.75, 3.05) is 17.3 Å². The first kappa shape index (κ1) is 17.7. The molecule has 0 aliphatic rings. The van der Waals surface area contributed by atoms with Gasteiger partial charge in [0, 0.05) is 0 Å². The van der Waals surface area contributed by atoms with Crippen molar-refractivity contribution >= 4 is 19.7 Å². The lowest BCUT2D eigenvalue weighted by Crippen LogP contribution is -2.20. The monoisotopic (exact) mass is 329 g/mol. The van der Waals surface area contributed by atoms with E-state index in [1.807, 2.05) is 19.9 Å². The Balaban J connectivity index is 2.80. The lowest BCUT2D eigenvalue weighted by molar-refractivity contribution is 0.572. The van der Waals surface area contributed by atoms with Crippen LogP contribution in [0.4, 0.5) is 0 Å². The predicted molar refractivity (Wildman–Crippen MR) is 81.3 cm³/mol. The van der Waals surface area contributed by atoms with Gasteiger partial charge in [-0.3, -0.25) is 0 Å². The van der Waals surface area contributed by atoms with Gasteiger partial charge in [0.1, 0.15) is 0 Å². The maximum atomic E-state index is 12.1. The molecule has 0 N–H and O–H groups in total. The fourth-order valence-corrected chi connectivity index (χ4v) is 5.39. The molecule has 0 aliphatic carbocycles. The number of sulfone groups is 2. The molecule has 0 amide bonds. The molecule has 0 saturated carbocycles. The minimum Gasteiger partial charge on any atom is -0.229 e. The standard InChI is InChI=1S/C14H19NO4S2/c1-12(2)6-7-20(16,17)8-9-21(18,19)14-5-3-4-13(10-14)11-15/h3-5,10,12H,6-9H2,1-2H3. The summed E-state index contributed by atoms with van der Waals surface area (Å²) in [7, 11) is -7.07. The first-order valence-electron chi connectivity index (χ1n) is 6.59. The van der Waals surface area contributed by atoms with E-state index in [0.29, 0.717) is 6.42 Å². The van der Waals surface area contributed by atoms with Gasteiger partial charge in [0.25, 0.3) is 0 Å². The van der Waals surface area contributed by atoms with Gasteiger partial charge in [-0.2, -0.15) is 5.26 Å². The Labute approximate surface area is 126 Å². The van der Waals surface area contributed by atoms with Gasteiger partial charge >= 0.3 is 0 Å². The van der Waals surface area contributed by atoms with Gasteiger partial charge in [-0.05, 0) is 30.5 Å². The van der Waals surface area contributed by atoms with Crippen LogP contribution in [0.2, 0.25) is 0 Å². The number of rotatable bonds is 7. The summed E-state index contributed by atoms with van der Waals surface area (Å²) in [5, 5.41) is 8.77. The van der Waals surface area contributed by atoms with Crippen molar-refractivity contribution in [3.05, 3.63) is 29.8 Å². The molecule has 0 atom stereocenters. The highest BCUT2D eigenvalue weighted by Crippen LogP contribution is 2.14. The summed E-state index contributed by atoms with van der Waals surface area (Å²) in [5.74, 6) is -0.594. The molecule has 0 unspecified atom stereocenters. The van der Waals surface area contributed by atoms with Crippen LogP contribution in [0, 0.1) is 17.2 Å². The van der Waals surface area contributed by atoms with E-state index < -0.39 is 31.2 Å². The predicted octanol–water partition coefficient (Wildman–Crippen LogP) is 1.79. The summed E-state index contributed by atoms with van der Waals surface area (Å²) in [6, 6.07) is 7.46. The molecule has 0 aliphatic heterocycles. The van der Waals surface area contributed by atoms with Crippen molar-refractivity contribution in [1.82, 2.24) is 0 Å². The summed E-state index contributed by atoms with van der Waals surface area (Å²) in [6.45, 7) is 3.83. The molecule has 21 heavy (non-hydrogen) atoms. The molecule has 5 nitrogen and oxygen atoms in total. The maximum Gasteiger partial charge on any atom is 0.179 e. The van der Waals surface area contributed by atoms with E-state index in [9.17, 15) is 16.8 Å². The molecule has 0 saturated heterocycles. The summed E-state index contributed by atoms with van der Waals surface area (Å²) in [6.07, 6.45) is 0.520. The molecule has 0 heterocycles. The average molecular weight is 329 g/mol. The molecular weight excluding hydrogens is 310 g/mol. The van der Waals surface area contributed by atoms with Gasteiger partial charge in [-0.15, -0.1) is 0 Å². The molecule has 1 aromatic carbocycles. The molecule has 0 radical (unpaired) electrons. The maximum absolute atomic E-state index is 12.1.